The van der Waals surface area contributed by atoms with Crippen LogP contribution in [-0.4, -0.2) is 11.9 Å². The van der Waals surface area contributed by atoms with Gasteiger partial charge >= 0.3 is 0 Å². The maximum absolute atomic E-state index is 11.8. The normalized spacial score (nSPS) is 12.6. The minimum atomic E-state index is -0.537. The minimum absolute atomic E-state index is 0.247. The fourth-order valence-corrected chi connectivity index (χ4v) is 1.77. The second-order valence-electron chi connectivity index (χ2n) is 4.35. The summed E-state index contributed by atoms with van der Waals surface area (Å²) >= 11 is 11.8. The van der Waals surface area contributed by atoms with Gasteiger partial charge in [0.05, 0.1) is 16.8 Å². The smallest absolute Gasteiger partial charge is 0.241 e. The van der Waals surface area contributed by atoms with E-state index in [1.165, 1.54) is 0 Å². The Bertz CT molecular complexity index is 407. The van der Waals surface area contributed by atoms with E-state index >= 15 is 0 Å². The molecule has 5 heteroatoms. The number of nitrogens with two attached hydrogens (primary N) is 1. The van der Waals surface area contributed by atoms with Gasteiger partial charge in [-0.3, -0.25) is 4.79 Å². The summed E-state index contributed by atoms with van der Waals surface area (Å²) in [6, 6.07) is 4.36. The van der Waals surface area contributed by atoms with Crippen molar-refractivity contribution in [2.75, 3.05) is 5.32 Å². The van der Waals surface area contributed by atoms with Crippen molar-refractivity contribution >= 4 is 34.8 Å². The summed E-state index contributed by atoms with van der Waals surface area (Å²) in [7, 11) is 0. The highest BCUT2D eigenvalue weighted by atomic mass is 35.5. The van der Waals surface area contributed by atoms with E-state index in [1.54, 1.807) is 18.2 Å². The van der Waals surface area contributed by atoms with Crippen LogP contribution >= 0.6 is 23.2 Å². The van der Waals surface area contributed by atoms with Crippen molar-refractivity contribution in [1.29, 1.82) is 0 Å². The molecule has 0 aliphatic carbocycles. The third-order valence-electron chi connectivity index (χ3n) is 2.25. The van der Waals surface area contributed by atoms with Crippen LogP contribution in [0.5, 0.6) is 0 Å². The highest BCUT2D eigenvalue weighted by molar-refractivity contribution is 6.35. The zero-order valence-electron chi connectivity index (χ0n) is 9.84. The highest BCUT2D eigenvalue weighted by Gasteiger charge is 2.16. The predicted molar refractivity (Wildman–Crippen MR) is 72.5 cm³/mol. The van der Waals surface area contributed by atoms with Crippen molar-refractivity contribution < 1.29 is 4.79 Å². The van der Waals surface area contributed by atoms with Crippen LogP contribution in [0.4, 0.5) is 5.69 Å². The van der Waals surface area contributed by atoms with E-state index in [9.17, 15) is 4.79 Å². The van der Waals surface area contributed by atoms with Crippen molar-refractivity contribution in [3.05, 3.63) is 28.2 Å². The van der Waals surface area contributed by atoms with Crippen LogP contribution < -0.4 is 11.1 Å². The summed E-state index contributed by atoms with van der Waals surface area (Å²) < 4.78 is 0. The van der Waals surface area contributed by atoms with Gasteiger partial charge in [0.15, 0.2) is 0 Å². The van der Waals surface area contributed by atoms with Gasteiger partial charge in [-0.15, -0.1) is 0 Å². The number of carbonyl (C=O) groups is 1. The van der Waals surface area contributed by atoms with Gasteiger partial charge in [0.2, 0.25) is 5.91 Å². The van der Waals surface area contributed by atoms with E-state index in [0.717, 1.165) is 0 Å². The van der Waals surface area contributed by atoms with Crippen molar-refractivity contribution in [1.82, 2.24) is 0 Å². The largest absolute Gasteiger partial charge is 0.323 e. The average molecular weight is 275 g/mol. The Morgan fingerprint density at radius 3 is 2.65 bits per heavy atom. The van der Waals surface area contributed by atoms with E-state index in [2.05, 4.69) is 5.32 Å². The van der Waals surface area contributed by atoms with E-state index in [4.69, 9.17) is 28.9 Å². The molecule has 0 saturated carbocycles. The Morgan fingerprint density at radius 1 is 1.41 bits per heavy atom. The number of halogens is 2. The van der Waals surface area contributed by atoms with Crippen LogP contribution in [0.15, 0.2) is 18.2 Å². The lowest BCUT2D eigenvalue weighted by atomic mass is 10.0. The van der Waals surface area contributed by atoms with Crippen molar-refractivity contribution in [3.63, 3.8) is 0 Å². The first-order valence-electron chi connectivity index (χ1n) is 5.41. The quantitative estimate of drug-likeness (QED) is 0.885. The maximum Gasteiger partial charge on any atom is 0.241 e. The topological polar surface area (TPSA) is 55.1 Å². The van der Waals surface area contributed by atoms with Crippen LogP contribution in [0.2, 0.25) is 10.0 Å². The third kappa shape index (κ3) is 4.54. The lowest BCUT2D eigenvalue weighted by Gasteiger charge is -2.15. The minimum Gasteiger partial charge on any atom is -0.323 e. The maximum atomic E-state index is 11.8. The van der Waals surface area contributed by atoms with Crippen LogP contribution in [0, 0.1) is 5.92 Å². The summed E-state index contributed by atoms with van der Waals surface area (Å²) in [5.41, 5.74) is 6.26. The van der Waals surface area contributed by atoms with Gasteiger partial charge in [-0.2, -0.15) is 0 Å². The molecule has 1 aromatic rings. The molecule has 0 saturated heterocycles. The molecule has 1 amide bonds. The van der Waals surface area contributed by atoms with E-state index in [1.807, 2.05) is 13.8 Å². The number of anilines is 1. The molecule has 17 heavy (non-hydrogen) atoms. The van der Waals surface area contributed by atoms with Crippen LogP contribution in [-0.2, 0) is 4.79 Å². The molecular weight excluding hydrogens is 259 g/mol. The van der Waals surface area contributed by atoms with Crippen molar-refractivity contribution in [2.24, 2.45) is 11.7 Å². The number of hydrogen-bond donors (Lipinski definition) is 2. The standard InChI is InChI=1S/C12H16Cl2N2O/c1-7(2)5-10(15)12(17)16-11-6-8(13)3-4-9(11)14/h3-4,6-7,10H,5,15H2,1-2H3,(H,16,17). The fourth-order valence-electron chi connectivity index (χ4n) is 1.43. The molecular formula is C12H16Cl2N2O. The summed E-state index contributed by atoms with van der Waals surface area (Å²) in [5, 5.41) is 3.64. The molecule has 1 rings (SSSR count). The lowest BCUT2D eigenvalue weighted by molar-refractivity contribution is -0.117. The molecule has 3 nitrogen and oxygen atoms in total. The summed E-state index contributed by atoms with van der Waals surface area (Å²) in [6.07, 6.45) is 0.629. The molecule has 3 N–H and O–H groups in total. The molecule has 0 heterocycles. The molecule has 0 radical (unpaired) electrons. The first-order chi connectivity index (χ1) is 7.90. The number of hydrogen-bond acceptors (Lipinski definition) is 2. The Balaban J connectivity index is 2.70. The Hall–Kier alpha value is -0.770. The number of benzene rings is 1. The van der Waals surface area contributed by atoms with Gasteiger partial charge in [-0.05, 0) is 30.5 Å². The van der Waals surface area contributed by atoms with Gasteiger partial charge in [-0.1, -0.05) is 37.0 Å². The summed E-state index contributed by atoms with van der Waals surface area (Å²) in [5.74, 6) is 0.119. The highest BCUT2D eigenvalue weighted by Crippen LogP contribution is 2.25. The summed E-state index contributed by atoms with van der Waals surface area (Å²) in [4.78, 5) is 11.8. The molecule has 0 spiro atoms. The number of rotatable bonds is 4. The van der Waals surface area contributed by atoms with Gasteiger partial charge < -0.3 is 11.1 Å². The first kappa shape index (κ1) is 14.3. The SMILES string of the molecule is CC(C)CC(N)C(=O)Nc1cc(Cl)ccc1Cl. The predicted octanol–water partition coefficient (Wildman–Crippen LogP) is 3.31. The van der Waals surface area contributed by atoms with E-state index in [0.29, 0.717) is 28.1 Å². The molecule has 0 aliphatic heterocycles. The molecule has 1 atom stereocenters. The van der Waals surface area contributed by atoms with Gasteiger partial charge in [0.25, 0.3) is 0 Å². The van der Waals surface area contributed by atoms with Crippen molar-refractivity contribution in [2.45, 2.75) is 26.3 Å². The molecule has 0 aliphatic rings. The first-order valence-corrected chi connectivity index (χ1v) is 6.17. The molecule has 94 valence electrons. The van der Waals surface area contributed by atoms with Gasteiger partial charge in [0.1, 0.15) is 0 Å². The lowest BCUT2D eigenvalue weighted by Crippen LogP contribution is -2.36. The zero-order chi connectivity index (χ0) is 13.0. The number of nitrogens with one attached hydrogen (secondary N) is 1. The zero-order valence-corrected chi connectivity index (χ0v) is 11.3. The van der Waals surface area contributed by atoms with Gasteiger partial charge in [0, 0.05) is 5.02 Å². The Labute approximate surface area is 111 Å². The molecule has 1 aromatic carbocycles. The van der Waals surface area contributed by atoms with Crippen molar-refractivity contribution in [3.8, 4) is 0 Å². The average Bonchev–Trinajstić information content (AvgIpc) is 2.22. The second kappa shape index (κ2) is 6.24. The van der Waals surface area contributed by atoms with Crippen LogP contribution in [0.3, 0.4) is 0 Å². The second-order valence-corrected chi connectivity index (χ2v) is 5.19. The number of carbonyl (C=O) groups excluding carboxylic acids is 1. The molecule has 1 unspecified atom stereocenters. The van der Waals surface area contributed by atoms with Crippen LogP contribution in [0.25, 0.3) is 0 Å². The summed E-state index contributed by atoms with van der Waals surface area (Å²) in [6.45, 7) is 4.03. The molecule has 0 aromatic heterocycles. The molecule has 0 fully saturated rings. The van der Waals surface area contributed by atoms with E-state index in [-0.39, 0.29) is 5.91 Å². The monoisotopic (exact) mass is 274 g/mol. The fraction of sp³-hybridized carbons (Fsp3) is 0.417. The third-order valence-corrected chi connectivity index (χ3v) is 2.81. The van der Waals surface area contributed by atoms with Gasteiger partial charge in [-0.25, -0.2) is 0 Å². The Kier molecular flexibility index (Phi) is 5.25. The van der Waals surface area contributed by atoms with E-state index < -0.39 is 6.04 Å². The molecule has 0 bridgehead atoms. The Morgan fingerprint density at radius 2 is 2.06 bits per heavy atom. The van der Waals surface area contributed by atoms with Crippen LogP contribution in [0.1, 0.15) is 20.3 Å². The number of amides is 1.